The van der Waals surface area contributed by atoms with E-state index in [2.05, 4.69) is 24.3 Å². The number of hydrogen-bond donors (Lipinski definition) is 0. The number of benzene rings is 2. The van der Waals surface area contributed by atoms with Gasteiger partial charge in [0.05, 0.1) is 23.0 Å². The smallest absolute Gasteiger partial charge is 0.230 e. The van der Waals surface area contributed by atoms with Crippen molar-refractivity contribution in [1.29, 1.82) is 0 Å². The quantitative estimate of drug-likeness (QED) is 0.300. The third-order valence-corrected chi connectivity index (χ3v) is 7.17. The largest absolute Gasteiger partial charge is 0.467 e. The molecule has 1 amide bonds. The van der Waals surface area contributed by atoms with Gasteiger partial charge in [0.15, 0.2) is 5.13 Å². The van der Waals surface area contributed by atoms with Gasteiger partial charge in [-0.05, 0) is 42.7 Å². The second-order valence-corrected chi connectivity index (χ2v) is 9.30. The number of carbonyl (C=O) groups excluding carboxylic acids is 1. The Morgan fingerprint density at radius 1 is 1.10 bits per heavy atom. The van der Waals surface area contributed by atoms with E-state index >= 15 is 0 Å². The maximum Gasteiger partial charge on any atom is 0.230 e. The molecule has 0 spiro atoms. The van der Waals surface area contributed by atoms with E-state index in [1.54, 1.807) is 46.0 Å². The summed E-state index contributed by atoms with van der Waals surface area (Å²) in [6.45, 7) is 0.385. The van der Waals surface area contributed by atoms with E-state index < -0.39 is 0 Å². The Morgan fingerprint density at radius 3 is 2.72 bits per heavy atom. The van der Waals surface area contributed by atoms with Gasteiger partial charge in [-0.1, -0.05) is 35.6 Å². The lowest BCUT2D eigenvalue weighted by molar-refractivity contribution is -0.118. The van der Waals surface area contributed by atoms with Crippen LogP contribution in [0.3, 0.4) is 0 Å². The fourth-order valence-electron chi connectivity index (χ4n) is 2.92. The van der Waals surface area contributed by atoms with Crippen LogP contribution in [-0.2, 0) is 11.3 Å². The van der Waals surface area contributed by atoms with Gasteiger partial charge in [-0.2, -0.15) is 0 Å². The van der Waals surface area contributed by atoms with Crippen LogP contribution < -0.4 is 4.90 Å². The molecule has 0 radical (unpaired) electrons. The maximum absolute atomic E-state index is 13.1. The summed E-state index contributed by atoms with van der Waals surface area (Å²) < 4.78 is 6.59. The van der Waals surface area contributed by atoms with Crippen molar-refractivity contribution in [2.45, 2.75) is 22.8 Å². The summed E-state index contributed by atoms with van der Waals surface area (Å²) in [5.74, 6) is 1.52. The van der Waals surface area contributed by atoms with Gasteiger partial charge in [0.25, 0.3) is 0 Å². The predicted molar refractivity (Wildman–Crippen MR) is 123 cm³/mol. The van der Waals surface area contributed by atoms with Gasteiger partial charge >= 0.3 is 0 Å². The molecule has 0 atom stereocenters. The molecule has 148 valence electrons. The van der Waals surface area contributed by atoms with Gasteiger partial charge < -0.3 is 4.42 Å². The Kier molecular flexibility index (Phi) is 6.59. The van der Waals surface area contributed by atoms with Crippen LogP contribution in [0.25, 0.3) is 10.2 Å². The zero-order valence-electron chi connectivity index (χ0n) is 15.9. The second kappa shape index (κ2) is 9.52. The van der Waals surface area contributed by atoms with Crippen molar-refractivity contribution in [3.05, 3.63) is 72.7 Å². The third kappa shape index (κ3) is 4.86. The summed E-state index contributed by atoms with van der Waals surface area (Å²) in [4.78, 5) is 22.0. The van der Waals surface area contributed by atoms with Crippen molar-refractivity contribution in [2.24, 2.45) is 0 Å². The first-order chi connectivity index (χ1) is 14.2. The number of fused-ring (bicyclic) bond motifs is 1. The van der Waals surface area contributed by atoms with Crippen molar-refractivity contribution in [3.63, 3.8) is 0 Å². The monoisotopic (exact) mass is 440 g/mol. The SMILES string of the molecule is CSc1cccc2sc(N(Cc3ccco3)C(=O)CCSc3ccccc3)nc12. The van der Waals surface area contributed by atoms with Crippen LogP contribution in [0.2, 0.25) is 0 Å². The fourth-order valence-corrected chi connectivity index (χ4v) is 5.42. The van der Waals surface area contributed by atoms with E-state index in [0.29, 0.717) is 18.1 Å². The highest BCUT2D eigenvalue weighted by molar-refractivity contribution is 7.99. The summed E-state index contributed by atoms with van der Waals surface area (Å²) in [6.07, 6.45) is 4.11. The topological polar surface area (TPSA) is 46.3 Å². The van der Waals surface area contributed by atoms with Crippen molar-refractivity contribution >= 4 is 56.1 Å². The molecule has 0 aliphatic rings. The molecular weight excluding hydrogens is 420 g/mol. The lowest BCUT2D eigenvalue weighted by atomic mass is 10.3. The Hall–Kier alpha value is -2.22. The zero-order valence-corrected chi connectivity index (χ0v) is 18.4. The van der Waals surface area contributed by atoms with Gasteiger partial charge in [-0.25, -0.2) is 4.98 Å². The number of hydrogen-bond acceptors (Lipinski definition) is 6. The predicted octanol–water partition coefficient (Wildman–Crippen LogP) is 6.33. The molecule has 2 aromatic carbocycles. The number of anilines is 1. The number of nitrogens with zero attached hydrogens (tertiary/aromatic N) is 2. The molecule has 0 saturated heterocycles. The van der Waals surface area contributed by atoms with Crippen molar-refractivity contribution in [2.75, 3.05) is 16.9 Å². The van der Waals surface area contributed by atoms with Crippen LogP contribution in [0.5, 0.6) is 0 Å². The van der Waals surface area contributed by atoms with Crippen molar-refractivity contribution < 1.29 is 9.21 Å². The van der Waals surface area contributed by atoms with Crippen LogP contribution in [0, 0.1) is 0 Å². The standard InChI is InChI=1S/C22H20N2O2S3/c1-27-18-10-5-11-19-21(18)23-22(29-19)24(15-16-7-6-13-26-16)20(25)12-14-28-17-8-3-2-4-9-17/h2-11,13H,12,14-15H2,1H3. The molecule has 4 aromatic rings. The molecular formula is C22H20N2O2S3. The first-order valence-electron chi connectivity index (χ1n) is 9.19. The molecule has 4 rings (SSSR count). The highest BCUT2D eigenvalue weighted by atomic mass is 32.2. The average molecular weight is 441 g/mol. The first-order valence-corrected chi connectivity index (χ1v) is 12.2. The third-order valence-electron chi connectivity index (χ3n) is 4.34. The van der Waals surface area contributed by atoms with E-state index in [4.69, 9.17) is 9.40 Å². The Morgan fingerprint density at radius 2 is 1.97 bits per heavy atom. The van der Waals surface area contributed by atoms with Gasteiger partial charge in [0.1, 0.15) is 5.76 Å². The van der Waals surface area contributed by atoms with Gasteiger partial charge in [-0.3, -0.25) is 9.69 Å². The number of amides is 1. The molecule has 0 N–H and O–H groups in total. The summed E-state index contributed by atoms with van der Waals surface area (Å²) in [7, 11) is 0. The molecule has 4 nitrogen and oxygen atoms in total. The highest BCUT2D eigenvalue weighted by Gasteiger charge is 2.21. The Labute approximate surface area is 182 Å². The number of furan rings is 1. The van der Waals surface area contributed by atoms with Crippen LogP contribution in [0.1, 0.15) is 12.2 Å². The van der Waals surface area contributed by atoms with E-state index in [9.17, 15) is 4.79 Å². The van der Waals surface area contributed by atoms with E-state index in [1.165, 1.54) is 4.90 Å². The van der Waals surface area contributed by atoms with Crippen LogP contribution in [-0.4, -0.2) is 22.9 Å². The first kappa shape index (κ1) is 20.1. The van der Waals surface area contributed by atoms with E-state index in [1.807, 2.05) is 42.7 Å². The fraction of sp³-hybridized carbons (Fsp3) is 0.182. The lowest BCUT2D eigenvalue weighted by Crippen LogP contribution is -2.30. The zero-order chi connectivity index (χ0) is 20.1. The summed E-state index contributed by atoms with van der Waals surface area (Å²) >= 11 is 4.90. The lowest BCUT2D eigenvalue weighted by Gasteiger charge is -2.18. The summed E-state index contributed by atoms with van der Waals surface area (Å²) in [5.41, 5.74) is 0.955. The number of carbonyl (C=O) groups is 1. The number of thioether (sulfide) groups is 2. The maximum atomic E-state index is 13.1. The number of aromatic nitrogens is 1. The normalized spacial score (nSPS) is 11.1. The molecule has 2 heterocycles. The minimum atomic E-state index is 0.0505. The molecule has 0 saturated carbocycles. The summed E-state index contributed by atoms with van der Waals surface area (Å²) in [6, 6.07) is 20.0. The Bertz CT molecular complexity index is 1080. The number of thiazole rings is 1. The molecule has 7 heteroatoms. The number of rotatable bonds is 8. The van der Waals surface area contributed by atoms with Crippen LogP contribution in [0.15, 0.2) is 81.1 Å². The minimum Gasteiger partial charge on any atom is -0.467 e. The average Bonchev–Trinajstić information content (AvgIpc) is 3.42. The molecule has 0 bridgehead atoms. The molecule has 0 aliphatic heterocycles. The van der Waals surface area contributed by atoms with Crippen molar-refractivity contribution in [1.82, 2.24) is 4.98 Å². The number of para-hydroxylation sites is 1. The highest BCUT2D eigenvalue weighted by Crippen LogP contribution is 2.35. The van der Waals surface area contributed by atoms with Gasteiger partial charge in [0, 0.05) is 22.0 Å². The Balaban J connectivity index is 1.55. The second-order valence-electron chi connectivity index (χ2n) is 6.27. The molecule has 2 aromatic heterocycles. The van der Waals surface area contributed by atoms with E-state index in [-0.39, 0.29) is 5.91 Å². The van der Waals surface area contributed by atoms with Crippen LogP contribution in [0.4, 0.5) is 5.13 Å². The van der Waals surface area contributed by atoms with Gasteiger partial charge in [-0.15, -0.1) is 23.5 Å². The molecule has 0 unspecified atom stereocenters. The summed E-state index contributed by atoms with van der Waals surface area (Å²) in [5, 5.41) is 0.715. The van der Waals surface area contributed by atoms with Gasteiger partial charge in [0.2, 0.25) is 5.91 Å². The minimum absolute atomic E-state index is 0.0505. The molecule has 29 heavy (non-hydrogen) atoms. The van der Waals surface area contributed by atoms with Crippen LogP contribution >= 0.6 is 34.9 Å². The molecule has 0 aliphatic carbocycles. The molecule has 0 fully saturated rings. The van der Waals surface area contributed by atoms with Crippen molar-refractivity contribution in [3.8, 4) is 0 Å². The van der Waals surface area contributed by atoms with E-state index in [0.717, 1.165) is 26.6 Å².